The van der Waals surface area contributed by atoms with Gasteiger partial charge in [0.1, 0.15) is 11.3 Å². The summed E-state index contributed by atoms with van der Waals surface area (Å²) in [5, 5.41) is 29.0. The van der Waals surface area contributed by atoms with Gasteiger partial charge in [0.05, 0.1) is 29.3 Å². The van der Waals surface area contributed by atoms with Crippen LogP contribution in [0.2, 0.25) is 0 Å². The number of hydrogen-bond acceptors (Lipinski definition) is 5. The minimum atomic E-state index is -4.79. The largest absolute Gasteiger partial charge is 0.417 e. The van der Waals surface area contributed by atoms with Crippen LogP contribution < -0.4 is 5.32 Å². The fourth-order valence-electron chi connectivity index (χ4n) is 2.65. The molecule has 1 amide bonds. The summed E-state index contributed by atoms with van der Waals surface area (Å²) in [6, 6.07) is 7.75. The van der Waals surface area contributed by atoms with Crippen molar-refractivity contribution < 1.29 is 27.5 Å². The van der Waals surface area contributed by atoms with E-state index in [2.05, 4.69) is 15.6 Å². The maximum absolute atomic E-state index is 13.2. The first-order valence-electron chi connectivity index (χ1n) is 8.15. The van der Waals surface area contributed by atoms with Crippen LogP contribution in [-0.4, -0.2) is 31.6 Å². The molecule has 29 heavy (non-hydrogen) atoms. The lowest BCUT2D eigenvalue weighted by molar-refractivity contribution is -0.138. The maximum atomic E-state index is 13.2. The quantitative estimate of drug-likeness (QED) is 0.648. The Morgan fingerprint density at radius 1 is 1.28 bits per heavy atom. The van der Waals surface area contributed by atoms with Gasteiger partial charge in [-0.25, -0.2) is 9.07 Å². The van der Waals surface area contributed by atoms with Crippen molar-refractivity contribution >= 4 is 22.6 Å². The second-order valence-electron chi connectivity index (χ2n) is 6.48. The Morgan fingerprint density at radius 3 is 2.66 bits per heavy atom. The molecule has 1 atom stereocenters. The third-order valence-electron chi connectivity index (χ3n) is 4.13. The predicted octanol–water partition coefficient (Wildman–Crippen LogP) is 2.85. The van der Waals surface area contributed by atoms with Gasteiger partial charge in [-0.3, -0.25) is 4.79 Å². The van der Waals surface area contributed by atoms with Gasteiger partial charge in [0.15, 0.2) is 5.60 Å². The zero-order chi connectivity index (χ0) is 21.4. The van der Waals surface area contributed by atoms with Crippen LogP contribution in [0.15, 0.2) is 36.4 Å². The molecule has 150 valence electrons. The number of alkyl halides is 3. The summed E-state index contributed by atoms with van der Waals surface area (Å²) < 4.78 is 53.6. The van der Waals surface area contributed by atoms with Crippen LogP contribution in [0, 0.1) is 17.1 Å². The smallest absolute Gasteiger partial charge is 0.378 e. The number of nitriles is 1. The van der Waals surface area contributed by atoms with Gasteiger partial charge in [-0.15, -0.1) is 5.10 Å². The topological polar surface area (TPSA) is 104 Å². The molecule has 0 fully saturated rings. The maximum Gasteiger partial charge on any atom is 0.417 e. The van der Waals surface area contributed by atoms with Crippen molar-refractivity contribution in [2.24, 2.45) is 0 Å². The molecule has 2 aromatic carbocycles. The van der Waals surface area contributed by atoms with Crippen molar-refractivity contribution in [3.05, 3.63) is 53.3 Å². The number of carbonyl (C=O) groups is 1. The Labute approximate surface area is 161 Å². The van der Waals surface area contributed by atoms with Gasteiger partial charge < -0.3 is 10.4 Å². The number of aromatic nitrogens is 3. The van der Waals surface area contributed by atoms with E-state index in [1.807, 2.05) is 0 Å². The van der Waals surface area contributed by atoms with E-state index in [1.165, 1.54) is 16.8 Å². The number of carbonyl (C=O) groups excluding carboxylic acids is 1. The normalized spacial score (nSPS) is 13.7. The van der Waals surface area contributed by atoms with E-state index in [1.54, 1.807) is 0 Å². The van der Waals surface area contributed by atoms with Gasteiger partial charge in [0.2, 0.25) is 0 Å². The zero-order valence-corrected chi connectivity index (χ0v) is 14.8. The number of aliphatic hydroxyl groups is 1. The van der Waals surface area contributed by atoms with Crippen LogP contribution >= 0.6 is 0 Å². The summed E-state index contributed by atoms with van der Waals surface area (Å²) >= 11 is 0. The Hall–Kier alpha value is -3.52. The molecule has 1 aromatic heterocycles. The van der Waals surface area contributed by atoms with Crippen molar-refractivity contribution in [1.29, 1.82) is 5.26 Å². The molecule has 0 radical (unpaired) electrons. The van der Waals surface area contributed by atoms with Crippen LogP contribution in [-0.2, 0) is 17.5 Å². The lowest BCUT2D eigenvalue weighted by atomic mass is 10.0. The molecule has 0 aliphatic carbocycles. The zero-order valence-electron chi connectivity index (χ0n) is 14.8. The highest BCUT2D eigenvalue weighted by Crippen LogP contribution is 2.33. The summed E-state index contributed by atoms with van der Waals surface area (Å²) in [5.74, 6) is -1.53. The third kappa shape index (κ3) is 4.17. The number of hydrogen-bond donors (Lipinski definition) is 2. The summed E-state index contributed by atoms with van der Waals surface area (Å²) in [5.41, 5.74) is -3.56. The molecule has 11 heteroatoms. The van der Waals surface area contributed by atoms with Crippen LogP contribution in [0.25, 0.3) is 11.0 Å². The molecule has 0 unspecified atom stereocenters. The van der Waals surface area contributed by atoms with Gasteiger partial charge in [-0.2, -0.15) is 18.4 Å². The summed E-state index contributed by atoms with van der Waals surface area (Å²) in [6.45, 7) is 0.761. The molecule has 0 aliphatic rings. The van der Waals surface area contributed by atoms with E-state index >= 15 is 0 Å². The minimum absolute atomic E-state index is 0.211. The van der Waals surface area contributed by atoms with E-state index in [9.17, 15) is 27.5 Å². The Balaban J connectivity index is 1.83. The number of nitrogens with one attached hydrogen (secondary N) is 1. The van der Waals surface area contributed by atoms with Crippen molar-refractivity contribution in [2.75, 3.05) is 5.32 Å². The SMILES string of the molecule is C[C@](O)(Cn1nnc2cc(F)ccc21)C(=O)Nc1ccc(C#N)c(C(F)(F)F)c1. The molecule has 0 bridgehead atoms. The third-order valence-corrected chi connectivity index (χ3v) is 4.13. The highest BCUT2D eigenvalue weighted by atomic mass is 19.4. The van der Waals surface area contributed by atoms with E-state index in [-0.39, 0.29) is 17.7 Å². The van der Waals surface area contributed by atoms with Crippen molar-refractivity contribution in [3.8, 4) is 6.07 Å². The monoisotopic (exact) mass is 407 g/mol. The highest BCUT2D eigenvalue weighted by Gasteiger charge is 2.35. The number of anilines is 1. The fraction of sp³-hybridized carbons (Fsp3) is 0.222. The number of amides is 1. The molecular weight excluding hydrogens is 394 g/mol. The second kappa shape index (κ2) is 7.14. The molecule has 0 saturated heterocycles. The average molecular weight is 407 g/mol. The van der Waals surface area contributed by atoms with Crippen molar-refractivity contribution in [1.82, 2.24) is 15.0 Å². The first kappa shape index (κ1) is 20.2. The minimum Gasteiger partial charge on any atom is -0.378 e. The Kier molecular flexibility index (Phi) is 4.98. The fourth-order valence-corrected chi connectivity index (χ4v) is 2.65. The number of rotatable bonds is 4. The molecule has 1 heterocycles. The molecule has 0 saturated carbocycles. The van der Waals surface area contributed by atoms with Crippen LogP contribution in [0.1, 0.15) is 18.1 Å². The first-order valence-corrected chi connectivity index (χ1v) is 8.15. The Bertz CT molecular complexity index is 1130. The van der Waals surface area contributed by atoms with Gasteiger partial charge in [0.25, 0.3) is 5.91 Å². The lowest BCUT2D eigenvalue weighted by Gasteiger charge is -2.22. The van der Waals surface area contributed by atoms with Crippen molar-refractivity contribution in [3.63, 3.8) is 0 Å². The standard InChI is InChI=1S/C18H13F4N5O2/c1-17(29,9-27-15-5-3-11(19)6-14(15)25-26-27)16(28)24-12-4-2-10(8-23)13(7-12)18(20,21)22/h2-7,29H,9H2,1H3,(H,24,28)/t17-/m0/s1. The van der Waals surface area contributed by atoms with E-state index in [0.29, 0.717) is 11.6 Å². The summed E-state index contributed by atoms with van der Waals surface area (Å²) in [7, 11) is 0. The summed E-state index contributed by atoms with van der Waals surface area (Å²) in [4.78, 5) is 12.4. The average Bonchev–Trinajstić information content (AvgIpc) is 3.02. The predicted molar refractivity (Wildman–Crippen MR) is 92.9 cm³/mol. The summed E-state index contributed by atoms with van der Waals surface area (Å²) in [6.07, 6.45) is -4.79. The molecular formula is C18H13F4N5O2. The Morgan fingerprint density at radius 2 is 2.00 bits per heavy atom. The molecule has 2 N–H and O–H groups in total. The lowest BCUT2D eigenvalue weighted by Crippen LogP contribution is -2.44. The van der Waals surface area contributed by atoms with E-state index < -0.39 is 34.6 Å². The van der Waals surface area contributed by atoms with E-state index in [0.717, 1.165) is 31.2 Å². The van der Waals surface area contributed by atoms with Crippen molar-refractivity contribution in [2.45, 2.75) is 25.2 Å². The van der Waals surface area contributed by atoms with Gasteiger partial charge in [0, 0.05) is 11.8 Å². The molecule has 0 aliphatic heterocycles. The van der Waals surface area contributed by atoms with Crippen LogP contribution in [0.5, 0.6) is 0 Å². The number of fused-ring (bicyclic) bond motifs is 1. The van der Waals surface area contributed by atoms with Gasteiger partial charge >= 0.3 is 6.18 Å². The molecule has 3 aromatic rings. The number of halogens is 4. The van der Waals surface area contributed by atoms with Gasteiger partial charge in [-0.1, -0.05) is 5.21 Å². The van der Waals surface area contributed by atoms with E-state index in [4.69, 9.17) is 5.26 Å². The highest BCUT2D eigenvalue weighted by molar-refractivity contribution is 5.97. The van der Waals surface area contributed by atoms with Crippen LogP contribution in [0.3, 0.4) is 0 Å². The van der Waals surface area contributed by atoms with Gasteiger partial charge in [-0.05, 0) is 37.3 Å². The van der Waals surface area contributed by atoms with Crippen LogP contribution in [0.4, 0.5) is 23.2 Å². The molecule has 7 nitrogen and oxygen atoms in total. The second-order valence-corrected chi connectivity index (χ2v) is 6.48. The first-order chi connectivity index (χ1) is 13.5. The molecule has 3 rings (SSSR count). The number of benzene rings is 2. The number of nitrogens with zero attached hydrogens (tertiary/aromatic N) is 4. The molecule has 0 spiro atoms.